The minimum Gasteiger partial charge on any atom is -0.507 e. The molecule has 0 spiro atoms. The average Bonchev–Trinajstić information content (AvgIpc) is 2.81. The smallest absolute Gasteiger partial charge is 0.256 e. The highest BCUT2D eigenvalue weighted by Gasteiger charge is 2.46. The van der Waals surface area contributed by atoms with Crippen LogP contribution in [0.3, 0.4) is 0 Å². The number of rotatable bonds is 4. The van der Waals surface area contributed by atoms with Crippen molar-refractivity contribution in [1.29, 1.82) is 0 Å². The minimum atomic E-state index is -0.684. The van der Waals surface area contributed by atoms with E-state index in [9.17, 15) is 9.90 Å². The molecule has 124 valence electrons. The van der Waals surface area contributed by atoms with Crippen molar-refractivity contribution in [3.05, 3.63) is 75.8 Å². The van der Waals surface area contributed by atoms with Crippen LogP contribution in [0.2, 0.25) is 10.0 Å². The highest BCUT2D eigenvalue weighted by atomic mass is 35.5. The van der Waals surface area contributed by atoms with Crippen molar-refractivity contribution >= 4 is 29.1 Å². The lowest BCUT2D eigenvalue weighted by Crippen LogP contribution is -2.41. The van der Waals surface area contributed by atoms with E-state index in [-0.39, 0.29) is 17.6 Å². The van der Waals surface area contributed by atoms with E-state index in [1.54, 1.807) is 12.1 Å². The summed E-state index contributed by atoms with van der Waals surface area (Å²) < 4.78 is 0. The Morgan fingerprint density at radius 1 is 1.29 bits per heavy atom. The van der Waals surface area contributed by atoms with Gasteiger partial charge in [0.1, 0.15) is 5.75 Å². The van der Waals surface area contributed by atoms with Crippen LogP contribution < -0.4 is 5.32 Å². The van der Waals surface area contributed by atoms with Gasteiger partial charge in [-0.1, -0.05) is 47.5 Å². The third-order valence-electron chi connectivity index (χ3n) is 4.65. The van der Waals surface area contributed by atoms with Crippen molar-refractivity contribution in [2.45, 2.75) is 24.8 Å². The molecule has 2 aromatic rings. The average molecular weight is 362 g/mol. The van der Waals surface area contributed by atoms with Gasteiger partial charge < -0.3 is 10.4 Å². The molecule has 3 nitrogen and oxygen atoms in total. The van der Waals surface area contributed by atoms with Gasteiger partial charge in [0.25, 0.3) is 5.91 Å². The predicted molar refractivity (Wildman–Crippen MR) is 96.9 cm³/mol. The number of hydrogen-bond donors (Lipinski definition) is 2. The Morgan fingerprint density at radius 2 is 2.04 bits per heavy atom. The number of carbonyl (C=O) groups excluding carboxylic acids is 1. The Bertz CT molecular complexity index is 834. The molecule has 0 saturated carbocycles. The van der Waals surface area contributed by atoms with Gasteiger partial charge in [0.05, 0.1) is 21.1 Å². The molecule has 0 radical (unpaired) electrons. The Hall–Kier alpha value is -1.97. The largest absolute Gasteiger partial charge is 0.507 e. The Morgan fingerprint density at radius 3 is 2.71 bits per heavy atom. The molecule has 1 amide bonds. The van der Waals surface area contributed by atoms with Crippen molar-refractivity contribution in [1.82, 2.24) is 5.32 Å². The molecule has 3 rings (SSSR count). The van der Waals surface area contributed by atoms with Crippen LogP contribution in [0.5, 0.6) is 5.75 Å². The standard InChI is InChI=1S/C19H17Cl2NO2/c1-3-5-12(11-8-9-14(20)15(21)10-11)19(2)13-6-4-7-16(23)17(13)18(24)22-19/h3-4,6-10,12,23H,1,5H2,2H3,(H,22,24). The quantitative estimate of drug-likeness (QED) is 0.751. The third-order valence-corrected chi connectivity index (χ3v) is 5.39. The highest BCUT2D eigenvalue weighted by molar-refractivity contribution is 6.42. The fourth-order valence-corrected chi connectivity index (χ4v) is 3.76. The second kappa shape index (κ2) is 6.15. The van der Waals surface area contributed by atoms with Crippen LogP contribution in [-0.4, -0.2) is 11.0 Å². The Kier molecular flexibility index (Phi) is 4.33. The molecule has 24 heavy (non-hydrogen) atoms. The van der Waals surface area contributed by atoms with Gasteiger partial charge in [0, 0.05) is 5.92 Å². The summed E-state index contributed by atoms with van der Waals surface area (Å²) in [6.45, 7) is 5.79. The van der Waals surface area contributed by atoms with Crippen molar-refractivity contribution in [3.8, 4) is 5.75 Å². The third kappa shape index (κ3) is 2.58. The van der Waals surface area contributed by atoms with Gasteiger partial charge in [-0.15, -0.1) is 6.58 Å². The SMILES string of the molecule is C=CCC(c1ccc(Cl)c(Cl)c1)C1(C)NC(=O)c2c(O)cccc21. The number of nitrogens with one attached hydrogen (secondary N) is 1. The zero-order valence-corrected chi connectivity index (χ0v) is 14.7. The van der Waals surface area contributed by atoms with Crippen LogP contribution in [-0.2, 0) is 5.54 Å². The van der Waals surface area contributed by atoms with Crippen molar-refractivity contribution < 1.29 is 9.90 Å². The van der Waals surface area contributed by atoms with Gasteiger partial charge in [-0.2, -0.15) is 0 Å². The van der Waals surface area contributed by atoms with Gasteiger partial charge in [-0.25, -0.2) is 0 Å². The van der Waals surface area contributed by atoms with Gasteiger partial charge >= 0.3 is 0 Å². The first kappa shape index (κ1) is 16.9. The summed E-state index contributed by atoms with van der Waals surface area (Å²) in [5, 5.41) is 14.1. The number of allylic oxidation sites excluding steroid dienone is 1. The lowest BCUT2D eigenvalue weighted by atomic mass is 9.75. The zero-order valence-electron chi connectivity index (χ0n) is 13.1. The van der Waals surface area contributed by atoms with Crippen molar-refractivity contribution in [2.24, 2.45) is 0 Å². The van der Waals surface area contributed by atoms with Crippen LogP contribution in [0.25, 0.3) is 0 Å². The van der Waals surface area contributed by atoms with Crippen LogP contribution in [0.15, 0.2) is 49.1 Å². The molecular formula is C19H17Cl2NO2. The predicted octanol–water partition coefficient (Wildman–Crippen LogP) is 5.02. The summed E-state index contributed by atoms with van der Waals surface area (Å²) in [7, 11) is 0. The molecule has 2 unspecified atom stereocenters. The highest BCUT2D eigenvalue weighted by Crippen LogP contribution is 2.46. The second-order valence-electron chi connectivity index (χ2n) is 6.11. The molecule has 0 aliphatic carbocycles. The van der Waals surface area contributed by atoms with Gasteiger partial charge in [-0.3, -0.25) is 4.79 Å². The molecule has 2 aromatic carbocycles. The molecule has 0 bridgehead atoms. The molecule has 2 N–H and O–H groups in total. The first-order valence-electron chi connectivity index (χ1n) is 7.59. The normalized spacial score (nSPS) is 20.4. The van der Waals surface area contributed by atoms with Crippen molar-refractivity contribution in [3.63, 3.8) is 0 Å². The van der Waals surface area contributed by atoms with E-state index in [4.69, 9.17) is 23.2 Å². The van der Waals surface area contributed by atoms with Gasteiger partial charge in [-0.05, 0) is 42.7 Å². The first-order chi connectivity index (χ1) is 11.4. The fourth-order valence-electron chi connectivity index (χ4n) is 3.45. The van der Waals surface area contributed by atoms with E-state index in [2.05, 4.69) is 11.9 Å². The lowest BCUT2D eigenvalue weighted by Gasteiger charge is -2.35. The van der Waals surface area contributed by atoms with E-state index < -0.39 is 5.54 Å². The van der Waals surface area contributed by atoms with E-state index >= 15 is 0 Å². The summed E-state index contributed by atoms with van der Waals surface area (Å²) in [6, 6.07) is 10.6. The van der Waals surface area contributed by atoms with E-state index in [0.717, 1.165) is 11.1 Å². The number of phenols is 1. The number of phenolic OH excluding ortho intramolecular Hbond substituents is 1. The molecule has 1 aliphatic heterocycles. The van der Waals surface area contributed by atoms with Crippen LogP contribution in [0.4, 0.5) is 0 Å². The molecule has 1 heterocycles. The van der Waals surface area contributed by atoms with E-state index in [1.165, 1.54) is 6.07 Å². The summed E-state index contributed by atoms with van der Waals surface area (Å²) in [6.07, 6.45) is 2.44. The Labute approximate surface area is 150 Å². The molecule has 2 atom stereocenters. The maximum absolute atomic E-state index is 12.4. The molecule has 0 fully saturated rings. The van der Waals surface area contributed by atoms with Crippen LogP contribution in [0, 0.1) is 0 Å². The fraction of sp³-hybridized carbons (Fsp3) is 0.211. The van der Waals surface area contributed by atoms with E-state index in [1.807, 2.05) is 31.2 Å². The van der Waals surface area contributed by atoms with Gasteiger partial charge in [0.2, 0.25) is 0 Å². The number of halogens is 2. The summed E-state index contributed by atoms with van der Waals surface area (Å²) in [5.74, 6) is -0.392. The number of fused-ring (bicyclic) bond motifs is 1. The Balaban J connectivity index is 2.16. The summed E-state index contributed by atoms with van der Waals surface area (Å²) in [5.41, 5.74) is 1.36. The number of benzene rings is 2. The maximum Gasteiger partial charge on any atom is 0.256 e. The number of carbonyl (C=O) groups is 1. The number of aromatic hydroxyl groups is 1. The summed E-state index contributed by atoms with van der Waals surface area (Å²) >= 11 is 12.2. The van der Waals surface area contributed by atoms with E-state index in [0.29, 0.717) is 22.0 Å². The molecule has 0 aromatic heterocycles. The molecule has 1 aliphatic rings. The summed E-state index contributed by atoms with van der Waals surface area (Å²) in [4.78, 5) is 12.4. The van der Waals surface area contributed by atoms with Crippen molar-refractivity contribution in [2.75, 3.05) is 0 Å². The molecule has 0 saturated heterocycles. The van der Waals surface area contributed by atoms with Gasteiger partial charge in [0.15, 0.2) is 0 Å². The number of amides is 1. The zero-order chi connectivity index (χ0) is 17.5. The van der Waals surface area contributed by atoms with Crippen LogP contribution >= 0.6 is 23.2 Å². The van der Waals surface area contributed by atoms with Crippen LogP contribution in [0.1, 0.15) is 40.7 Å². The second-order valence-corrected chi connectivity index (χ2v) is 6.92. The minimum absolute atomic E-state index is 0.0137. The first-order valence-corrected chi connectivity index (χ1v) is 8.35. The maximum atomic E-state index is 12.4. The topological polar surface area (TPSA) is 49.3 Å². The molecule has 5 heteroatoms. The monoisotopic (exact) mass is 361 g/mol. The molecular weight excluding hydrogens is 345 g/mol. The number of hydrogen-bond acceptors (Lipinski definition) is 2. The lowest BCUT2D eigenvalue weighted by molar-refractivity contribution is 0.0922.